The summed E-state index contributed by atoms with van der Waals surface area (Å²) in [5, 5.41) is 0. The molecular formula is C11H16FNO2. The Bertz CT molecular complexity index is 326. The van der Waals surface area contributed by atoms with Crippen LogP contribution in [-0.2, 0) is 9.47 Å². The van der Waals surface area contributed by atoms with Crippen LogP contribution >= 0.6 is 0 Å². The normalized spacial score (nSPS) is 13.2. The van der Waals surface area contributed by atoms with Crippen molar-refractivity contribution in [2.24, 2.45) is 5.73 Å². The Hall–Kier alpha value is -0.970. The Kier molecular flexibility index (Phi) is 4.20. The standard InChI is InChI=1S/C11H16FNO2/c1-7-6-8(12)4-5-9(7)10(13)11(14-2)15-3/h4-6,10-11H,13H2,1-3H3. The number of nitrogens with two attached hydrogens (primary N) is 1. The summed E-state index contributed by atoms with van der Waals surface area (Å²) >= 11 is 0. The second kappa shape index (κ2) is 5.21. The summed E-state index contributed by atoms with van der Waals surface area (Å²) in [6.07, 6.45) is -0.519. The molecule has 84 valence electrons. The molecule has 0 heterocycles. The molecular weight excluding hydrogens is 197 g/mol. The van der Waals surface area contributed by atoms with Crippen LogP contribution in [0.4, 0.5) is 4.39 Å². The van der Waals surface area contributed by atoms with Gasteiger partial charge >= 0.3 is 0 Å². The molecule has 0 aliphatic carbocycles. The van der Waals surface area contributed by atoms with Gasteiger partial charge in [0.1, 0.15) is 5.82 Å². The highest BCUT2D eigenvalue weighted by atomic mass is 19.1. The number of aryl methyl sites for hydroxylation is 1. The number of hydrogen-bond donors (Lipinski definition) is 1. The van der Waals surface area contributed by atoms with E-state index >= 15 is 0 Å². The maximum atomic E-state index is 12.9. The van der Waals surface area contributed by atoms with Crippen LogP contribution in [0.25, 0.3) is 0 Å². The van der Waals surface area contributed by atoms with Gasteiger partial charge in [-0.25, -0.2) is 4.39 Å². The molecule has 0 saturated heterocycles. The lowest BCUT2D eigenvalue weighted by molar-refractivity contribution is -0.117. The van der Waals surface area contributed by atoms with Crippen molar-refractivity contribution in [3.63, 3.8) is 0 Å². The molecule has 0 bridgehead atoms. The van der Waals surface area contributed by atoms with E-state index in [4.69, 9.17) is 15.2 Å². The Morgan fingerprint density at radius 3 is 2.33 bits per heavy atom. The molecule has 0 fully saturated rings. The summed E-state index contributed by atoms with van der Waals surface area (Å²) in [6.45, 7) is 1.81. The Morgan fingerprint density at radius 1 is 1.27 bits per heavy atom. The third-order valence-electron chi connectivity index (χ3n) is 2.35. The minimum atomic E-state index is -0.519. The third-order valence-corrected chi connectivity index (χ3v) is 2.35. The Morgan fingerprint density at radius 2 is 1.87 bits per heavy atom. The van der Waals surface area contributed by atoms with E-state index in [1.54, 1.807) is 13.0 Å². The molecule has 1 aromatic carbocycles. The van der Waals surface area contributed by atoms with Crippen LogP contribution in [0.2, 0.25) is 0 Å². The molecule has 0 radical (unpaired) electrons. The lowest BCUT2D eigenvalue weighted by Gasteiger charge is -2.22. The van der Waals surface area contributed by atoms with E-state index in [0.29, 0.717) is 0 Å². The van der Waals surface area contributed by atoms with Gasteiger partial charge in [0.15, 0.2) is 6.29 Å². The summed E-state index contributed by atoms with van der Waals surface area (Å²) in [7, 11) is 3.04. The Labute approximate surface area is 89.0 Å². The fourth-order valence-corrected chi connectivity index (χ4v) is 1.55. The molecule has 2 N–H and O–H groups in total. The van der Waals surface area contributed by atoms with Crippen molar-refractivity contribution in [1.29, 1.82) is 0 Å². The molecule has 1 atom stereocenters. The first kappa shape index (κ1) is 12.1. The predicted molar refractivity (Wildman–Crippen MR) is 55.9 cm³/mol. The van der Waals surface area contributed by atoms with Crippen LogP contribution in [0.5, 0.6) is 0 Å². The minimum Gasteiger partial charge on any atom is -0.354 e. The Balaban J connectivity index is 2.94. The van der Waals surface area contributed by atoms with Gasteiger partial charge in [-0.15, -0.1) is 0 Å². The van der Waals surface area contributed by atoms with Crippen molar-refractivity contribution >= 4 is 0 Å². The monoisotopic (exact) mass is 213 g/mol. The van der Waals surface area contributed by atoms with Gasteiger partial charge in [0.25, 0.3) is 0 Å². The summed E-state index contributed by atoms with van der Waals surface area (Å²) in [5.74, 6) is -0.269. The largest absolute Gasteiger partial charge is 0.354 e. The van der Waals surface area contributed by atoms with Crippen molar-refractivity contribution in [2.75, 3.05) is 14.2 Å². The molecule has 0 saturated carbocycles. The van der Waals surface area contributed by atoms with E-state index in [1.165, 1.54) is 26.4 Å². The van der Waals surface area contributed by atoms with Crippen LogP contribution < -0.4 is 5.73 Å². The molecule has 0 aromatic heterocycles. The van der Waals surface area contributed by atoms with Crippen molar-refractivity contribution in [2.45, 2.75) is 19.3 Å². The zero-order chi connectivity index (χ0) is 11.4. The first-order chi connectivity index (χ1) is 7.10. The SMILES string of the molecule is COC(OC)C(N)c1ccc(F)cc1C. The zero-order valence-electron chi connectivity index (χ0n) is 9.16. The summed E-state index contributed by atoms with van der Waals surface area (Å²) in [4.78, 5) is 0. The predicted octanol–water partition coefficient (Wildman–Crippen LogP) is 1.75. The van der Waals surface area contributed by atoms with Crippen LogP contribution in [0, 0.1) is 12.7 Å². The molecule has 15 heavy (non-hydrogen) atoms. The van der Waals surface area contributed by atoms with E-state index < -0.39 is 12.3 Å². The van der Waals surface area contributed by atoms with E-state index in [2.05, 4.69) is 0 Å². The zero-order valence-corrected chi connectivity index (χ0v) is 9.16. The topological polar surface area (TPSA) is 44.5 Å². The molecule has 4 heteroatoms. The number of halogens is 1. The van der Waals surface area contributed by atoms with Crippen molar-refractivity contribution < 1.29 is 13.9 Å². The van der Waals surface area contributed by atoms with E-state index in [-0.39, 0.29) is 5.82 Å². The van der Waals surface area contributed by atoms with Gasteiger partial charge in [0.2, 0.25) is 0 Å². The molecule has 0 amide bonds. The number of ether oxygens (including phenoxy) is 2. The highest BCUT2D eigenvalue weighted by Gasteiger charge is 2.20. The molecule has 3 nitrogen and oxygen atoms in total. The highest BCUT2D eigenvalue weighted by molar-refractivity contribution is 5.29. The van der Waals surface area contributed by atoms with Crippen molar-refractivity contribution in [3.8, 4) is 0 Å². The second-order valence-corrected chi connectivity index (χ2v) is 3.37. The van der Waals surface area contributed by atoms with E-state index in [0.717, 1.165) is 11.1 Å². The smallest absolute Gasteiger partial charge is 0.176 e. The van der Waals surface area contributed by atoms with E-state index in [1.807, 2.05) is 0 Å². The molecule has 1 aromatic rings. The average Bonchev–Trinajstić information content (AvgIpc) is 2.19. The molecule has 1 rings (SSSR count). The van der Waals surface area contributed by atoms with Gasteiger partial charge in [-0.05, 0) is 30.2 Å². The fourth-order valence-electron chi connectivity index (χ4n) is 1.55. The van der Waals surface area contributed by atoms with Crippen LogP contribution in [-0.4, -0.2) is 20.5 Å². The van der Waals surface area contributed by atoms with E-state index in [9.17, 15) is 4.39 Å². The van der Waals surface area contributed by atoms with Crippen LogP contribution in [0.1, 0.15) is 17.2 Å². The highest BCUT2D eigenvalue weighted by Crippen LogP contribution is 2.21. The maximum Gasteiger partial charge on any atom is 0.176 e. The quantitative estimate of drug-likeness (QED) is 0.775. The minimum absolute atomic E-state index is 0.269. The number of hydrogen-bond acceptors (Lipinski definition) is 3. The summed E-state index contributed by atoms with van der Waals surface area (Å²) in [5.41, 5.74) is 7.56. The number of methoxy groups -OCH3 is 2. The van der Waals surface area contributed by atoms with Gasteiger partial charge in [-0.2, -0.15) is 0 Å². The van der Waals surface area contributed by atoms with Crippen molar-refractivity contribution in [1.82, 2.24) is 0 Å². The van der Waals surface area contributed by atoms with Gasteiger partial charge in [-0.1, -0.05) is 6.07 Å². The third kappa shape index (κ3) is 2.75. The lowest BCUT2D eigenvalue weighted by atomic mass is 10.0. The van der Waals surface area contributed by atoms with Gasteiger partial charge in [-0.3, -0.25) is 0 Å². The first-order valence-corrected chi connectivity index (χ1v) is 4.67. The van der Waals surface area contributed by atoms with Gasteiger partial charge in [0, 0.05) is 14.2 Å². The molecule has 1 unspecified atom stereocenters. The molecule has 0 spiro atoms. The fraction of sp³-hybridized carbons (Fsp3) is 0.455. The van der Waals surface area contributed by atoms with Crippen LogP contribution in [0.3, 0.4) is 0 Å². The van der Waals surface area contributed by atoms with Gasteiger partial charge < -0.3 is 15.2 Å². The average molecular weight is 213 g/mol. The molecule has 0 aliphatic heterocycles. The lowest BCUT2D eigenvalue weighted by Crippen LogP contribution is -2.30. The maximum absolute atomic E-state index is 12.9. The number of rotatable bonds is 4. The summed E-state index contributed by atoms with van der Waals surface area (Å²) < 4.78 is 23.0. The number of benzene rings is 1. The first-order valence-electron chi connectivity index (χ1n) is 4.67. The second-order valence-electron chi connectivity index (χ2n) is 3.37. The summed E-state index contributed by atoms with van der Waals surface area (Å²) in [6, 6.07) is 4.06. The molecule has 0 aliphatic rings. The van der Waals surface area contributed by atoms with Crippen molar-refractivity contribution in [3.05, 3.63) is 35.1 Å². The van der Waals surface area contributed by atoms with Crippen LogP contribution in [0.15, 0.2) is 18.2 Å². The van der Waals surface area contributed by atoms with Gasteiger partial charge in [0.05, 0.1) is 6.04 Å².